The molecule has 0 saturated heterocycles. The predicted molar refractivity (Wildman–Crippen MR) is 107 cm³/mol. The average molecular weight is 365 g/mol. The number of aryl methyl sites for hydroxylation is 1. The van der Waals surface area contributed by atoms with Gasteiger partial charge in [-0.3, -0.25) is 0 Å². The highest BCUT2D eigenvalue weighted by atomic mass is 16.5. The molecule has 0 saturated carbocycles. The average Bonchev–Trinajstić information content (AvgIpc) is 3.18. The summed E-state index contributed by atoms with van der Waals surface area (Å²) in [5.41, 5.74) is 9.43. The SMILES string of the molecule is Cc1cc(N)nc(-c2c[nH]c3ccc(N4COC(NC(C)(C)C)=N4)cc23)n1. The molecule has 3 heterocycles. The number of nitrogens with one attached hydrogen (secondary N) is 2. The van der Waals surface area contributed by atoms with Crippen molar-refractivity contribution in [3.63, 3.8) is 0 Å². The molecular formula is C19H23N7O. The number of hydrazone groups is 1. The fraction of sp³-hybridized carbons (Fsp3) is 0.316. The fourth-order valence-corrected chi connectivity index (χ4v) is 2.97. The zero-order valence-corrected chi connectivity index (χ0v) is 15.9. The monoisotopic (exact) mass is 365 g/mol. The van der Waals surface area contributed by atoms with Crippen LogP contribution in [0.25, 0.3) is 22.3 Å². The molecule has 0 unspecified atom stereocenters. The number of anilines is 2. The standard InChI is InChI=1S/C19H23N7O/c1-11-7-16(20)23-17(22-11)14-9-21-15-6-5-12(8-13(14)15)26-10-27-18(25-26)24-19(2,3)4/h5-9,21H,10H2,1-4H3,(H,24,25)(H2,20,22,23). The first-order valence-corrected chi connectivity index (χ1v) is 8.78. The number of ether oxygens (including phenoxy) is 1. The summed E-state index contributed by atoms with van der Waals surface area (Å²) in [7, 11) is 0. The van der Waals surface area contributed by atoms with Crippen LogP contribution in [0.4, 0.5) is 11.5 Å². The topological polar surface area (TPSA) is 104 Å². The Balaban J connectivity index is 1.71. The van der Waals surface area contributed by atoms with Gasteiger partial charge in [-0.1, -0.05) is 0 Å². The van der Waals surface area contributed by atoms with Gasteiger partial charge in [0.05, 0.1) is 5.69 Å². The van der Waals surface area contributed by atoms with E-state index in [1.807, 2.05) is 30.3 Å². The van der Waals surface area contributed by atoms with E-state index < -0.39 is 0 Å². The first-order valence-electron chi connectivity index (χ1n) is 8.78. The Bertz CT molecular complexity index is 1010. The minimum absolute atomic E-state index is 0.116. The molecule has 27 heavy (non-hydrogen) atoms. The molecule has 0 radical (unpaired) electrons. The van der Waals surface area contributed by atoms with Crippen molar-refractivity contribution in [3.05, 3.63) is 36.2 Å². The summed E-state index contributed by atoms with van der Waals surface area (Å²) < 4.78 is 5.65. The highest BCUT2D eigenvalue weighted by molar-refractivity contribution is 5.96. The Hall–Kier alpha value is -3.29. The van der Waals surface area contributed by atoms with Crippen molar-refractivity contribution in [2.75, 3.05) is 17.5 Å². The molecule has 0 atom stereocenters. The Morgan fingerprint density at radius 2 is 2.04 bits per heavy atom. The van der Waals surface area contributed by atoms with Crippen LogP contribution in [0, 0.1) is 6.92 Å². The van der Waals surface area contributed by atoms with Gasteiger partial charge in [0.1, 0.15) is 5.82 Å². The van der Waals surface area contributed by atoms with Gasteiger partial charge in [-0.25, -0.2) is 15.0 Å². The third-order valence-corrected chi connectivity index (χ3v) is 4.10. The van der Waals surface area contributed by atoms with E-state index in [0.29, 0.717) is 24.4 Å². The van der Waals surface area contributed by atoms with Gasteiger partial charge < -0.3 is 20.8 Å². The number of rotatable bonds is 2. The van der Waals surface area contributed by atoms with Gasteiger partial charge in [-0.2, -0.15) is 0 Å². The summed E-state index contributed by atoms with van der Waals surface area (Å²) in [6.07, 6.45) is 1.90. The van der Waals surface area contributed by atoms with Crippen LogP contribution in [-0.2, 0) is 4.74 Å². The van der Waals surface area contributed by atoms with E-state index in [1.165, 1.54) is 0 Å². The predicted octanol–water partition coefficient (Wildman–Crippen LogP) is 2.97. The molecule has 0 amide bonds. The lowest BCUT2D eigenvalue weighted by Crippen LogP contribution is -2.40. The summed E-state index contributed by atoms with van der Waals surface area (Å²) in [6, 6.07) is 8.34. The minimum atomic E-state index is -0.116. The van der Waals surface area contributed by atoms with Gasteiger partial charge in [0, 0.05) is 40.0 Å². The molecule has 1 aliphatic rings. The lowest BCUT2D eigenvalue weighted by Gasteiger charge is -2.19. The molecule has 8 heteroatoms. The number of benzene rings is 1. The van der Waals surface area contributed by atoms with Crippen LogP contribution in [0.3, 0.4) is 0 Å². The zero-order valence-electron chi connectivity index (χ0n) is 15.9. The van der Waals surface area contributed by atoms with Crippen molar-refractivity contribution < 1.29 is 4.74 Å². The first kappa shape index (κ1) is 17.1. The molecular weight excluding hydrogens is 342 g/mol. The Morgan fingerprint density at radius 3 is 2.78 bits per heavy atom. The molecule has 1 aliphatic heterocycles. The van der Waals surface area contributed by atoms with E-state index in [2.05, 4.69) is 52.2 Å². The second-order valence-corrected chi connectivity index (χ2v) is 7.64. The van der Waals surface area contributed by atoms with Gasteiger partial charge in [-0.05, 0) is 45.9 Å². The second-order valence-electron chi connectivity index (χ2n) is 7.64. The summed E-state index contributed by atoms with van der Waals surface area (Å²) in [4.78, 5) is 12.2. The van der Waals surface area contributed by atoms with E-state index in [1.54, 1.807) is 6.07 Å². The van der Waals surface area contributed by atoms with Crippen LogP contribution >= 0.6 is 0 Å². The summed E-state index contributed by atoms with van der Waals surface area (Å²) >= 11 is 0. The minimum Gasteiger partial charge on any atom is -0.441 e. The van der Waals surface area contributed by atoms with E-state index in [-0.39, 0.29) is 5.54 Å². The molecule has 1 aromatic carbocycles. The smallest absolute Gasteiger partial charge is 0.309 e. The first-order chi connectivity index (χ1) is 12.8. The van der Waals surface area contributed by atoms with Crippen LogP contribution in [0.2, 0.25) is 0 Å². The number of fused-ring (bicyclic) bond motifs is 1. The van der Waals surface area contributed by atoms with Crippen molar-refractivity contribution in [1.29, 1.82) is 0 Å². The van der Waals surface area contributed by atoms with Crippen LogP contribution < -0.4 is 16.1 Å². The van der Waals surface area contributed by atoms with Crippen molar-refractivity contribution in [2.24, 2.45) is 5.10 Å². The number of aromatic nitrogens is 3. The maximum absolute atomic E-state index is 5.89. The highest BCUT2D eigenvalue weighted by Crippen LogP contribution is 2.31. The zero-order chi connectivity index (χ0) is 19.2. The molecule has 2 aromatic heterocycles. The normalized spacial score (nSPS) is 14.4. The molecule has 0 bridgehead atoms. The van der Waals surface area contributed by atoms with Crippen LogP contribution in [0.1, 0.15) is 26.5 Å². The van der Waals surface area contributed by atoms with Gasteiger partial charge in [0.25, 0.3) is 0 Å². The Morgan fingerprint density at radius 1 is 1.22 bits per heavy atom. The number of nitrogen functional groups attached to an aromatic ring is 1. The third kappa shape index (κ3) is 3.51. The number of amidine groups is 1. The van der Waals surface area contributed by atoms with Crippen LogP contribution in [-0.4, -0.2) is 33.2 Å². The maximum atomic E-state index is 5.89. The molecule has 140 valence electrons. The molecule has 8 nitrogen and oxygen atoms in total. The van der Waals surface area contributed by atoms with Crippen molar-refractivity contribution in [2.45, 2.75) is 33.2 Å². The molecule has 0 fully saturated rings. The van der Waals surface area contributed by atoms with E-state index in [0.717, 1.165) is 27.8 Å². The largest absolute Gasteiger partial charge is 0.441 e. The summed E-state index contributed by atoms with van der Waals surface area (Å²) in [6.45, 7) is 8.45. The van der Waals surface area contributed by atoms with Gasteiger partial charge >= 0.3 is 6.02 Å². The summed E-state index contributed by atoms with van der Waals surface area (Å²) in [5, 5.41) is 10.6. The lowest BCUT2D eigenvalue weighted by molar-refractivity contribution is 0.307. The van der Waals surface area contributed by atoms with E-state index in [9.17, 15) is 0 Å². The Kier molecular flexibility index (Phi) is 3.91. The number of nitrogens with two attached hydrogens (primary N) is 1. The molecule has 0 aliphatic carbocycles. The molecule has 3 aromatic rings. The van der Waals surface area contributed by atoms with Crippen LogP contribution in [0.15, 0.2) is 35.6 Å². The van der Waals surface area contributed by atoms with E-state index in [4.69, 9.17) is 10.5 Å². The number of hydrogen-bond acceptors (Lipinski definition) is 7. The summed E-state index contributed by atoms with van der Waals surface area (Å²) in [5.74, 6) is 1.06. The number of H-pyrrole nitrogens is 1. The van der Waals surface area contributed by atoms with Crippen molar-refractivity contribution >= 4 is 28.4 Å². The van der Waals surface area contributed by atoms with Crippen molar-refractivity contribution in [3.8, 4) is 11.4 Å². The van der Waals surface area contributed by atoms with Crippen molar-refractivity contribution in [1.82, 2.24) is 20.3 Å². The maximum Gasteiger partial charge on any atom is 0.309 e. The fourth-order valence-electron chi connectivity index (χ4n) is 2.97. The molecule has 4 N–H and O–H groups in total. The van der Waals surface area contributed by atoms with Crippen LogP contribution in [0.5, 0.6) is 0 Å². The number of nitrogens with zero attached hydrogens (tertiary/aromatic N) is 4. The number of hydrogen-bond donors (Lipinski definition) is 3. The van der Waals surface area contributed by atoms with Gasteiger partial charge in [0.2, 0.25) is 0 Å². The van der Waals surface area contributed by atoms with Gasteiger partial charge in [0.15, 0.2) is 12.6 Å². The third-order valence-electron chi connectivity index (χ3n) is 4.10. The Labute approximate surface area is 157 Å². The molecule has 0 spiro atoms. The number of aromatic amines is 1. The van der Waals surface area contributed by atoms with E-state index >= 15 is 0 Å². The second kappa shape index (κ2) is 6.15. The molecule has 4 rings (SSSR count). The quantitative estimate of drug-likeness (QED) is 0.645. The van der Waals surface area contributed by atoms with Gasteiger partial charge in [-0.15, -0.1) is 5.10 Å². The lowest BCUT2D eigenvalue weighted by atomic mass is 10.1. The highest BCUT2D eigenvalue weighted by Gasteiger charge is 2.22.